The van der Waals surface area contributed by atoms with E-state index in [0.29, 0.717) is 15.7 Å². The molecule has 0 saturated heterocycles. The van der Waals surface area contributed by atoms with Crippen molar-refractivity contribution in [2.24, 2.45) is 0 Å². The van der Waals surface area contributed by atoms with Crippen molar-refractivity contribution in [3.63, 3.8) is 0 Å². The molecule has 2 rings (SSSR count). The number of H-pyrrole nitrogens is 1. The van der Waals surface area contributed by atoms with Crippen molar-refractivity contribution in [2.75, 3.05) is 5.32 Å². The van der Waals surface area contributed by atoms with E-state index in [1.54, 1.807) is 18.2 Å². The Morgan fingerprint density at radius 3 is 2.76 bits per heavy atom. The smallest absolute Gasteiger partial charge is 0.357 e. The lowest BCUT2D eigenvalue weighted by molar-refractivity contribution is 0.0691. The molecular weight excluding hydrogens is 267 g/mol. The minimum atomic E-state index is -1.16. The van der Waals surface area contributed by atoms with Crippen molar-refractivity contribution in [2.45, 2.75) is 0 Å². The Kier molecular flexibility index (Phi) is 3.16. The Morgan fingerprint density at radius 2 is 2.12 bits per heavy atom. The van der Waals surface area contributed by atoms with Crippen LogP contribution in [0.25, 0.3) is 0 Å². The minimum absolute atomic E-state index is 0.107. The second kappa shape index (κ2) is 4.60. The van der Waals surface area contributed by atoms with E-state index in [2.05, 4.69) is 20.7 Å². The van der Waals surface area contributed by atoms with Crippen molar-refractivity contribution in [1.82, 2.24) is 15.4 Å². The van der Waals surface area contributed by atoms with Crippen LogP contribution < -0.4 is 5.32 Å². The van der Waals surface area contributed by atoms with Gasteiger partial charge >= 0.3 is 5.97 Å². The van der Waals surface area contributed by atoms with Crippen LogP contribution in [0.4, 0.5) is 11.5 Å². The van der Waals surface area contributed by atoms with E-state index in [1.807, 2.05) is 0 Å². The van der Waals surface area contributed by atoms with E-state index in [9.17, 15) is 4.79 Å². The fourth-order valence-electron chi connectivity index (χ4n) is 1.18. The number of aromatic amines is 1. The van der Waals surface area contributed by atoms with Crippen molar-refractivity contribution < 1.29 is 9.90 Å². The molecule has 1 aromatic carbocycles. The fraction of sp³-hybridized carbons (Fsp3) is 0. The number of aromatic nitrogens is 3. The first-order valence-electron chi connectivity index (χ1n) is 4.44. The van der Waals surface area contributed by atoms with Crippen molar-refractivity contribution in [3.8, 4) is 0 Å². The highest BCUT2D eigenvalue weighted by atomic mass is 35.5. The average molecular weight is 273 g/mol. The summed E-state index contributed by atoms with van der Waals surface area (Å²) < 4.78 is 0. The molecule has 0 fully saturated rings. The monoisotopic (exact) mass is 272 g/mol. The van der Waals surface area contributed by atoms with E-state index in [0.717, 1.165) is 0 Å². The molecule has 0 aliphatic rings. The van der Waals surface area contributed by atoms with Gasteiger partial charge in [0.05, 0.1) is 10.0 Å². The Hall–Kier alpha value is -1.79. The highest BCUT2D eigenvalue weighted by Crippen LogP contribution is 2.26. The number of halogens is 2. The first-order valence-corrected chi connectivity index (χ1v) is 5.20. The van der Waals surface area contributed by atoms with Crippen molar-refractivity contribution in [1.29, 1.82) is 0 Å². The lowest BCUT2D eigenvalue weighted by Gasteiger charge is -2.04. The largest absolute Gasteiger partial charge is 0.476 e. The molecule has 6 nitrogen and oxygen atoms in total. The molecule has 0 unspecified atom stereocenters. The lowest BCUT2D eigenvalue weighted by Crippen LogP contribution is -2.02. The van der Waals surface area contributed by atoms with Crippen molar-refractivity contribution in [3.05, 3.63) is 33.9 Å². The van der Waals surface area contributed by atoms with Gasteiger partial charge in [-0.15, -0.1) is 5.10 Å². The van der Waals surface area contributed by atoms with Gasteiger partial charge in [-0.1, -0.05) is 28.4 Å². The molecule has 0 amide bonds. The Labute approximate surface area is 106 Å². The summed E-state index contributed by atoms with van der Waals surface area (Å²) in [6.45, 7) is 0. The molecule has 1 heterocycles. The maximum absolute atomic E-state index is 10.8. The van der Waals surface area contributed by atoms with E-state index in [4.69, 9.17) is 28.3 Å². The third-order valence-electron chi connectivity index (χ3n) is 1.94. The van der Waals surface area contributed by atoms with Gasteiger partial charge in [-0.3, -0.25) is 0 Å². The quantitative estimate of drug-likeness (QED) is 0.799. The zero-order valence-corrected chi connectivity index (χ0v) is 9.75. The summed E-state index contributed by atoms with van der Waals surface area (Å²) in [5.74, 6) is -1.05. The number of hydrogen-bond donors (Lipinski definition) is 3. The maximum Gasteiger partial charge on any atom is 0.357 e. The molecule has 0 aliphatic carbocycles. The van der Waals surface area contributed by atoms with Gasteiger partial charge in [0.15, 0.2) is 11.5 Å². The summed E-state index contributed by atoms with van der Waals surface area (Å²) in [5, 5.41) is 21.7. The molecule has 0 spiro atoms. The van der Waals surface area contributed by atoms with Crippen LogP contribution in [0.3, 0.4) is 0 Å². The summed E-state index contributed by atoms with van der Waals surface area (Å²) in [5.41, 5.74) is 0.437. The topological polar surface area (TPSA) is 90.9 Å². The molecular formula is C9H6Cl2N4O2. The summed E-state index contributed by atoms with van der Waals surface area (Å²) in [7, 11) is 0. The van der Waals surface area contributed by atoms with Gasteiger partial charge in [0.1, 0.15) is 0 Å². The fourth-order valence-corrected chi connectivity index (χ4v) is 1.47. The minimum Gasteiger partial charge on any atom is -0.476 e. The third kappa shape index (κ3) is 2.48. The molecule has 17 heavy (non-hydrogen) atoms. The number of nitrogens with zero attached hydrogens (tertiary/aromatic N) is 2. The van der Waals surface area contributed by atoms with Gasteiger partial charge in [-0.25, -0.2) is 9.89 Å². The van der Waals surface area contributed by atoms with Crippen LogP contribution in [0.1, 0.15) is 10.5 Å². The molecule has 88 valence electrons. The number of nitrogens with one attached hydrogen (secondary N) is 2. The van der Waals surface area contributed by atoms with E-state index < -0.39 is 5.97 Å². The number of carboxylic acids is 1. The zero-order valence-electron chi connectivity index (χ0n) is 8.24. The van der Waals surface area contributed by atoms with Gasteiger partial charge in [0.2, 0.25) is 0 Å². The Bertz CT molecular complexity index is 570. The molecule has 3 N–H and O–H groups in total. The van der Waals surface area contributed by atoms with E-state index >= 15 is 0 Å². The summed E-state index contributed by atoms with van der Waals surface area (Å²) in [6.07, 6.45) is 0. The highest BCUT2D eigenvalue weighted by Gasteiger charge is 2.14. The van der Waals surface area contributed by atoms with Gasteiger partial charge in [-0.05, 0) is 18.2 Å². The van der Waals surface area contributed by atoms with Crippen LogP contribution in [0.5, 0.6) is 0 Å². The second-order valence-corrected chi connectivity index (χ2v) is 3.91. The first-order chi connectivity index (χ1) is 8.08. The molecule has 0 radical (unpaired) electrons. The number of carbonyl (C=O) groups is 1. The van der Waals surface area contributed by atoms with E-state index in [1.165, 1.54) is 0 Å². The van der Waals surface area contributed by atoms with Gasteiger partial charge in [0.25, 0.3) is 0 Å². The Balaban J connectivity index is 2.28. The number of rotatable bonds is 3. The molecule has 0 atom stereocenters. The summed E-state index contributed by atoms with van der Waals surface area (Å²) in [6, 6.07) is 4.80. The number of carboxylic acid groups (broad SMARTS) is 1. The number of aromatic carboxylic acids is 1. The number of benzene rings is 1. The van der Waals surface area contributed by atoms with Gasteiger partial charge < -0.3 is 10.4 Å². The highest BCUT2D eigenvalue weighted by molar-refractivity contribution is 6.42. The standard InChI is InChI=1S/C9H6Cl2N4O2/c10-5-2-1-4(3-6(5)11)12-8-7(9(16)17)13-15-14-8/h1-3H,(H,16,17)(H2,12,13,14,15). The molecule has 0 aliphatic heterocycles. The van der Waals surface area contributed by atoms with Crippen LogP contribution in [-0.2, 0) is 0 Å². The van der Waals surface area contributed by atoms with Crippen LogP contribution in [0.2, 0.25) is 10.0 Å². The number of anilines is 2. The summed E-state index contributed by atoms with van der Waals surface area (Å²) >= 11 is 11.6. The lowest BCUT2D eigenvalue weighted by atomic mass is 10.3. The van der Waals surface area contributed by atoms with Gasteiger partial charge in [0, 0.05) is 5.69 Å². The van der Waals surface area contributed by atoms with E-state index in [-0.39, 0.29) is 11.5 Å². The predicted molar refractivity (Wildman–Crippen MR) is 63.1 cm³/mol. The molecule has 8 heteroatoms. The maximum atomic E-state index is 10.8. The van der Waals surface area contributed by atoms with Crippen molar-refractivity contribution >= 4 is 40.7 Å². The normalized spacial score (nSPS) is 10.2. The average Bonchev–Trinajstić information content (AvgIpc) is 2.72. The molecule has 1 aromatic heterocycles. The van der Waals surface area contributed by atoms with Crippen LogP contribution >= 0.6 is 23.2 Å². The third-order valence-corrected chi connectivity index (χ3v) is 2.68. The Morgan fingerprint density at radius 1 is 1.35 bits per heavy atom. The molecule has 2 aromatic rings. The predicted octanol–water partition coefficient (Wildman–Crippen LogP) is 2.55. The molecule has 0 bridgehead atoms. The SMILES string of the molecule is O=C(O)c1[nH]nnc1Nc1ccc(Cl)c(Cl)c1. The zero-order chi connectivity index (χ0) is 12.4. The molecule has 0 saturated carbocycles. The first kappa shape index (κ1) is 11.7. The number of hydrogen-bond acceptors (Lipinski definition) is 4. The van der Waals surface area contributed by atoms with Crippen LogP contribution in [0, 0.1) is 0 Å². The second-order valence-electron chi connectivity index (χ2n) is 3.09. The van der Waals surface area contributed by atoms with Crippen LogP contribution in [-0.4, -0.2) is 26.5 Å². The van der Waals surface area contributed by atoms with Crippen LogP contribution in [0.15, 0.2) is 18.2 Å². The summed E-state index contributed by atoms with van der Waals surface area (Å²) in [4.78, 5) is 10.8. The van der Waals surface area contributed by atoms with Gasteiger partial charge in [-0.2, -0.15) is 0 Å².